The third-order valence-corrected chi connectivity index (χ3v) is 6.84. The third-order valence-electron chi connectivity index (χ3n) is 3.56. The Morgan fingerprint density at radius 3 is 2.43 bits per heavy atom. The first-order valence-electron chi connectivity index (χ1n) is 6.68. The van der Waals surface area contributed by atoms with Crippen LogP contribution in [-0.2, 0) is 19.9 Å². The molecule has 0 saturated carbocycles. The maximum atomic E-state index is 12.1. The lowest BCUT2D eigenvalue weighted by Gasteiger charge is -2.11. The normalized spacial score (nSPS) is 23.0. The van der Waals surface area contributed by atoms with E-state index in [0.717, 1.165) is 0 Å². The number of sulfonamides is 1. The van der Waals surface area contributed by atoms with Gasteiger partial charge in [0, 0.05) is 6.54 Å². The van der Waals surface area contributed by atoms with E-state index in [1.807, 2.05) is 0 Å². The van der Waals surface area contributed by atoms with Crippen LogP contribution in [0.4, 0.5) is 0 Å². The molecule has 118 valence electrons. The van der Waals surface area contributed by atoms with Gasteiger partial charge in [0.1, 0.15) is 0 Å². The van der Waals surface area contributed by atoms with Gasteiger partial charge >= 0.3 is 0 Å². The Bertz CT molecular complexity index is 693. The Hall–Kier alpha value is -0.960. The molecule has 0 aliphatic carbocycles. The second-order valence-corrected chi connectivity index (χ2v) is 9.36. The lowest BCUT2D eigenvalue weighted by atomic mass is 10.1. The summed E-state index contributed by atoms with van der Waals surface area (Å²) < 4.78 is 49.3. The van der Waals surface area contributed by atoms with Gasteiger partial charge in [-0.2, -0.15) is 0 Å². The van der Waals surface area contributed by atoms with Crippen molar-refractivity contribution in [3.8, 4) is 0 Å². The molecule has 1 aliphatic heterocycles. The van der Waals surface area contributed by atoms with Crippen molar-refractivity contribution in [1.82, 2.24) is 4.72 Å². The van der Waals surface area contributed by atoms with Crippen molar-refractivity contribution in [1.29, 1.82) is 0 Å². The van der Waals surface area contributed by atoms with Gasteiger partial charge in [0.2, 0.25) is 10.0 Å². The van der Waals surface area contributed by atoms with Crippen LogP contribution in [0.3, 0.4) is 0 Å². The zero-order valence-corrected chi connectivity index (χ0v) is 13.3. The van der Waals surface area contributed by atoms with E-state index in [1.54, 1.807) is 19.1 Å². The molecule has 0 aromatic heterocycles. The minimum absolute atomic E-state index is 0.0382. The number of aliphatic hydroxyl groups excluding tert-OH is 1. The Kier molecular flexibility index (Phi) is 4.72. The maximum Gasteiger partial charge on any atom is 0.240 e. The van der Waals surface area contributed by atoms with Gasteiger partial charge < -0.3 is 5.11 Å². The minimum atomic E-state index is -3.65. The van der Waals surface area contributed by atoms with E-state index in [0.29, 0.717) is 12.0 Å². The molecule has 1 aromatic rings. The van der Waals surface area contributed by atoms with Gasteiger partial charge in [0.15, 0.2) is 9.84 Å². The third kappa shape index (κ3) is 4.26. The quantitative estimate of drug-likeness (QED) is 0.815. The highest BCUT2D eigenvalue weighted by Crippen LogP contribution is 2.19. The van der Waals surface area contributed by atoms with Gasteiger partial charge in [-0.15, -0.1) is 0 Å². The van der Waals surface area contributed by atoms with Crippen molar-refractivity contribution in [3.05, 3.63) is 29.8 Å². The molecule has 0 spiro atoms. The summed E-state index contributed by atoms with van der Waals surface area (Å²) in [7, 11) is -6.66. The van der Waals surface area contributed by atoms with Crippen molar-refractivity contribution in [2.24, 2.45) is 5.92 Å². The molecule has 2 atom stereocenters. The predicted octanol–water partition coefficient (Wildman–Crippen LogP) is 0.453. The summed E-state index contributed by atoms with van der Waals surface area (Å²) in [5.74, 6) is 0.000373. The number of aliphatic hydroxyl groups is 1. The molecule has 21 heavy (non-hydrogen) atoms. The highest BCUT2D eigenvalue weighted by atomic mass is 32.2. The van der Waals surface area contributed by atoms with E-state index in [2.05, 4.69) is 4.72 Å². The molecule has 8 heteroatoms. The second kappa shape index (κ2) is 6.04. The van der Waals surface area contributed by atoms with Crippen molar-refractivity contribution in [3.63, 3.8) is 0 Å². The number of rotatable bonds is 5. The molecule has 1 heterocycles. The molecule has 0 amide bonds. The van der Waals surface area contributed by atoms with Crippen LogP contribution in [0.15, 0.2) is 29.2 Å². The molecule has 1 aromatic carbocycles. The fourth-order valence-electron chi connectivity index (χ4n) is 2.27. The molecule has 0 bridgehead atoms. The van der Waals surface area contributed by atoms with Crippen LogP contribution in [0.5, 0.6) is 0 Å². The zero-order chi connectivity index (χ0) is 15.7. The topological polar surface area (TPSA) is 101 Å². The first-order valence-corrected chi connectivity index (χ1v) is 9.98. The fourth-order valence-corrected chi connectivity index (χ4v) is 5.25. The van der Waals surface area contributed by atoms with Gasteiger partial charge in [-0.1, -0.05) is 12.1 Å². The van der Waals surface area contributed by atoms with Crippen LogP contribution >= 0.6 is 0 Å². The maximum absolute atomic E-state index is 12.1. The van der Waals surface area contributed by atoms with E-state index in [-0.39, 0.29) is 28.9 Å². The molecule has 2 N–H and O–H groups in total. The molecule has 1 aliphatic rings. The Morgan fingerprint density at radius 2 is 1.95 bits per heavy atom. The van der Waals surface area contributed by atoms with E-state index in [1.165, 1.54) is 12.1 Å². The number of sulfone groups is 1. The van der Waals surface area contributed by atoms with Crippen LogP contribution < -0.4 is 4.72 Å². The monoisotopic (exact) mass is 333 g/mol. The Labute approximate surface area is 125 Å². The molecule has 2 unspecified atom stereocenters. The predicted molar refractivity (Wildman–Crippen MR) is 79.0 cm³/mol. The number of hydrogen-bond donors (Lipinski definition) is 2. The number of benzene rings is 1. The summed E-state index contributed by atoms with van der Waals surface area (Å²) in [5, 5.41) is 9.39. The lowest BCUT2D eigenvalue weighted by Crippen LogP contribution is -2.30. The standard InChI is InChI=1S/C13H19NO5S2/c1-10(15)12-2-4-13(5-3-12)21(18,19)14-8-11-6-7-20(16,17)9-11/h2-5,10-11,14-15H,6-9H2,1H3. The molecule has 1 fully saturated rings. The van der Waals surface area contributed by atoms with Gasteiger partial charge in [-0.3, -0.25) is 0 Å². The number of hydrogen-bond acceptors (Lipinski definition) is 5. The Morgan fingerprint density at radius 1 is 1.33 bits per heavy atom. The first kappa shape index (κ1) is 16.4. The van der Waals surface area contributed by atoms with Crippen molar-refractivity contribution < 1.29 is 21.9 Å². The summed E-state index contributed by atoms with van der Waals surface area (Å²) in [6, 6.07) is 5.96. The molecular weight excluding hydrogens is 314 g/mol. The van der Waals surface area contributed by atoms with Crippen molar-refractivity contribution >= 4 is 19.9 Å². The first-order chi connectivity index (χ1) is 9.70. The van der Waals surface area contributed by atoms with Crippen LogP contribution in [0.2, 0.25) is 0 Å². The molecule has 2 rings (SSSR count). The number of nitrogens with one attached hydrogen (secondary N) is 1. The molecule has 0 radical (unpaired) electrons. The van der Waals surface area contributed by atoms with E-state index >= 15 is 0 Å². The summed E-state index contributed by atoms with van der Waals surface area (Å²) in [4.78, 5) is 0.104. The molecular formula is C13H19NO5S2. The Balaban J connectivity index is 2.02. The van der Waals surface area contributed by atoms with Crippen LogP contribution in [0.25, 0.3) is 0 Å². The SMILES string of the molecule is CC(O)c1ccc(S(=O)(=O)NCC2CCS(=O)(=O)C2)cc1. The minimum Gasteiger partial charge on any atom is -0.389 e. The zero-order valence-electron chi connectivity index (χ0n) is 11.7. The second-order valence-electron chi connectivity index (χ2n) is 5.37. The van der Waals surface area contributed by atoms with E-state index in [9.17, 15) is 21.9 Å². The molecule has 6 nitrogen and oxygen atoms in total. The van der Waals surface area contributed by atoms with E-state index < -0.39 is 26.0 Å². The van der Waals surface area contributed by atoms with E-state index in [4.69, 9.17) is 0 Å². The molecule has 1 saturated heterocycles. The largest absolute Gasteiger partial charge is 0.389 e. The van der Waals surface area contributed by atoms with Crippen LogP contribution in [-0.4, -0.2) is 40.0 Å². The van der Waals surface area contributed by atoms with Crippen LogP contribution in [0.1, 0.15) is 25.0 Å². The average molecular weight is 333 g/mol. The highest BCUT2D eigenvalue weighted by molar-refractivity contribution is 7.91. The smallest absolute Gasteiger partial charge is 0.240 e. The summed E-state index contributed by atoms with van der Waals surface area (Å²) in [6.45, 7) is 1.72. The summed E-state index contributed by atoms with van der Waals surface area (Å²) in [5.41, 5.74) is 0.635. The van der Waals surface area contributed by atoms with Gasteiger partial charge in [0.25, 0.3) is 0 Å². The lowest BCUT2D eigenvalue weighted by molar-refractivity contribution is 0.199. The van der Waals surface area contributed by atoms with Crippen LogP contribution in [0, 0.1) is 5.92 Å². The average Bonchev–Trinajstić information content (AvgIpc) is 2.76. The fraction of sp³-hybridized carbons (Fsp3) is 0.538. The van der Waals surface area contributed by atoms with Gasteiger partial charge in [-0.25, -0.2) is 21.6 Å². The van der Waals surface area contributed by atoms with Gasteiger partial charge in [-0.05, 0) is 37.0 Å². The van der Waals surface area contributed by atoms with Gasteiger partial charge in [0.05, 0.1) is 22.5 Å². The van der Waals surface area contributed by atoms with Crippen molar-refractivity contribution in [2.75, 3.05) is 18.1 Å². The highest BCUT2D eigenvalue weighted by Gasteiger charge is 2.28. The van der Waals surface area contributed by atoms with Crippen molar-refractivity contribution in [2.45, 2.75) is 24.3 Å². The summed E-state index contributed by atoms with van der Waals surface area (Å²) in [6.07, 6.45) is -0.162. The summed E-state index contributed by atoms with van der Waals surface area (Å²) >= 11 is 0.